The topological polar surface area (TPSA) is 98.1 Å². The van der Waals surface area contributed by atoms with E-state index in [4.69, 9.17) is 21.3 Å². The average Bonchev–Trinajstić information content (AvgIpc) is 3.02. The maximum atomic E-state index is 9.77. The summed E-state index contributed by atoms with van der Waals surface area (Å²) in [5.41, 5.74) is 1.78. The minimum atomic E-state index is 0.296. The molecule has 0 radical (unpaired) electrons. The molecule has 4 saturated carbocycles. The second-order valence-corrected chi connectivity index (χ2v) is 14.1. The first-order valence-electron chi connectivity index (χ1n) is 16.1. The number of nitriles is 1. The van der Waals surface area contributed by atoms with Crippen molar-refractivity contribution in [3.63, 3.8) is 0 Å². The fraction of sp³-hybridized carbons (Fsp3) is 0.667. The molecule has 0 spiro atoms. The third kappa shape index (κ3) is 5.99. The molecule has 2 saturated heterocycles. The van der Waals surface area contributed by atoms with E-state index in [-0.39, 0.29) is 0 Å². The third-order valence-corrected chi connectivity index (χ3v) is 11.4. The highest BCUT2D eigenvalue weighted by molar-refractivity contribution is 6.31. The molecule has 3 unspecified atom stereocenters. The number of halogens is 1. The van der Waals surface area contributed by atoms with Gasteiger partial charge in [0.2, 0.25) is 5.95 Å². The molecule has 0 amide bonds. The van der Waals surface area contributed by atoms with Gasteiger partial charge in [0.05, 0.1) is 6.20 Å². The van der Waals surface area contributed by atoms with Gasteiger partial charge in [-0.3, -0.25) is 0 Å². The lowest BCUT2D eigenvalue weighted by molar-refractivity contribution is -0.0741. The summed E-state index contributed by atoms with van der Waals surface area (Å²) in [5, 5.41) is 21.6. The average molecular weight is 590 g/mol. The number of likely N-dealkylation sites (tertiary alicyclic amines) is 1. The van der Waals surface area contributed by atoms with Gasteiger partial charge in [0.1, 0.15) is 17.5 Å². The normalized spacial score (nSPS) is 31.6. The summed E-state index contributed by atoms with van der Waals surface area (Å²) < 4.78 is 5.59. The number of piperidine rings is 1. The highest BCUT2D eigenvalue weighted by atomic mass is 35.5. The maximum Gasteiger partial charge on any atom is 0.224 e. The van der Waals surface area contributed by atoms with Gasteiger partial charge in [-0.15, -0.1) is 0 Å². The van der Waals surface area contributed by atoms with Gasteiger partial charge in [-0.05, 0) is 106 Å². The molecule has 6 fully saturated rings. The predicted molar refractivity (Wildman–Crippen MR) is 165 cm³/mol. The van der Waals surface area contributed by atoms with E-state index < -0.39 is 0 Å². The van der Waals surface area contributed by atoms with Crippen LogP contribution < -0.4 is 16.0 Å². The van der Waals surface area contributed by atoms with Crippen LogP contribution in [0.2, 0.25) is 5.02 Å². The van der Waals surface area contributed by atoms with Gasteiger partial charge >= 0.3 is 0 Å². The van der Waals surface area contributed by atoms with E-state index in [1.54, 1.807) is 6.20 Å². The van der Waals surface area contributed by atoms with Gasteiger partial charge in [-0.2, -0.15) is 10.2 Å². The molecule has 6 aliphatic rings. The lowest BCUT2D eigenvalue weighted by Crippen LogP contribution is -2.62. The molecule has 2 aliphatic heterocycles. The highest BCUT2D eigenvalue weighted by Gasteiger charge is 2.55. The predicted octanol–water partition coefficient (Wildman–Crippen LogP) is 5.45. The van der Waals surface area contributed by atoms with Crippen molar-refractivity contribution in [3.8, 4) is 6.07 Å². The van der Waals surface area contributed by atoms with Crippen molar-refractivity contribution in [2.45, 2.75) is 82.5 Å². The monoisotopic (exact) mass is 589 g/mol. The Labute approximate surface area is 255 Å². The summed E-state index contributed by atoms with van der Waals surface area (Å²) in [6.45, 7) is 5.74. The van der Waals surface area contributed by atoms with Crippen LogP contribution in [0.25, 0.3) is 0 Å². The quantitative estimate of drug-likeness (QED) is 0.355. The van der Waals surface area contributed by atoms with Crippen molar-refractivity contribution < 1.29 is 4.74 Å². The van der Waals surface area contributed by atoms with Crippen molar-refractivity contribution in [1.82, 2.24) is 20.2 Å². The zero-order valence-electron chi connectivity index (χ0n) is 24.5. The molecule has 5 atom stereocenters. The van der Waals surface area contributed by atoms with E-state index in [1.807, 2.05) is 24.3 Å². The van der Waals surface area contributed by atoms with E-state index >= 15 is 0 Å². The van der Waals surface area contributed by atoms with Crippen LogP contribution in [0.5, 0.6) is 0 Å². The van der Waals surface area contributed by atoms with Crippen molar-refractivity contribution in [2.75, 3.05) is 43.5 Å². The SMILES string of the molecule is N#Cc1cnc(NCc2ccccc2Cl)nc1NCC12CC3C[C@H](C1)C(NC1CCN(C4CCOCC4)CC1)[C@@H](C3)C2. The number of benzene rings is 1. The van der Waals surface area contributed by atoms with Crippen molar-refractivity contribution >= 4 is 23.4 Å². The summed E-state index contributed by atoms with van der Waals surface area (Å²) in [5.74, 6) is 3.51. The first-order chi connectivity index (χ1) is 20.6. The van der Waals surface area contributed by atoms with Crippen LogP contribution in [-0.2, 0) is 11.3 Å². The molecule has 4 aliphatic carbocycles. The van der Waals surface area contributed by atoms with Crippen molar-refractivity contribution in [1.29, 1.82) is 5.26 Å². The number of anilines is 2. The van der Waals surface area contributed by atoms with Crippen LogP contribution >= 0.6 is 11.6 Å². The number of hydrogen-bond acceptors (Lipinski definition) is 8. The first-order valence-corrected chi connectivity index (χ1v) is 16.5. The third-order valence-electron chi connectivity index (χ3n) is 11.0. The highest BCUT2D eigenvalue weighted by Crippen LogP contribution is 2.60. The van der Waals surface area contributed by atoms with Crippen LogP contribution in [0, 0.1) is 34.5 Å². The minimum absolute atomic E-state index is 0.296. The molecular weight excluding hydrogens is 546 g/mol. The van der Waals surface area contributed by atoms with Crippen LogP contribution in [0.1, 0.15) is 68.9 Å². The molecule has 1 aromatic carbocycles. The Morgan fingerprint density at radius 3 is 2.52 bits per heavy atom. The molecule has 4 bridgehead atoms. The molecule has 8 rings (SSSR count). The van der Waals surface area contributed by atoms with Crippen LogP contribution in [0.15, 0.2) is 30.5 Å². The van der Waals surface area contributed by atoms with E-state index in [2.05, 4.69) is 31.9 Å². The number of nitrogens with one attached hydrogen (secondary N) is 3. The zero-order valence-corrected chi connectivity index (χ0v) is 25.3. The molecule has 8 nitrogen and oxygen atoms in total. The molecule has 9 heteroatoms. The Morgan fingerprint density at radius 1 is 1.02 bits per heavy atom. The molecule has 3 N–H and O–H groups in total. The Balaban J connectivity index is 0.956. The Bertz CT molecular complexity index is 1270. The van der Waals surface area contributed by atoms with Crippen LogP contribution in [-0.4, -0.2) is 65.8 Å². The van der Waals surface area contributed by atoms with E-state index in [1.165, 1.54) is 70.9 Å². The lowest BCUT2D eigenvalue weighted by atomic mass is 9.48. The van der Waals surface area contributed by atoms with Gasteiger partial charge < -0.3 is 25.6 Å². The first kappa shape index (κ1) is 28.3. The standard InChI is InChI=1S/C33H44ClN7O/c34-29-4-2-1-3-23(29)19-36-32-37-20-26(18-35)31(40-32)38-21-33-15-22-13-24(16-33)30(25(14-22)17-33)39-27-5-9-41(10-6-27)28-7-11-42-12-8-28/h1-4,20,22,24-25,27-28,30,39H,5-17,19,21H2,(H2,36,37,38,40)/t22?,24-,25+,30?,33?. The fourth-order valence-electron chi connectivity index (χ4n) is 9.21. The molecule has 2 aromatic rings. The minimum Gasteiger partial charge on any atom is -0.381 e. The van der Waals surface area contributed by atoms with Gasteiger partial charge in [0.25, 0.3) is 0 Å². The fourth-order valence-corrected chi connectivity index (χ4v) is 9.41. The second kappa shape index (κ2) is 12.3. The van der Waals surface area contributed by atoms with Crippen LogP contribution in [0.3, 0.4) is 0 Å². The summed E-state index contributed by atoms with van der Waals surface area (Å²) in [6, 6.07) is 12.1. The summed E-state index contributed by atoms with van der Waals surface area (Å²) >= 11 is 6.32. The Kier molecular flexibility index (Phi) is 8.28. The molecule has 42 heavy (non-hydrogen) atoms. The second-order valence-electron chi connectivity index (χ2n) is 13.7. The van der Waals surface area contributed by atoms with Gasteiger partial charge in [-0.1, -0.05) is 29.8 Å². The maximum absolute atomic E-state index is 9.77. The number of hydrogen-bond donors (Lipinski definition) is 3. The largest absolute Gasteiger partial charge is 0.381 e. The van der Waals surface area contributed by atoms with E-state index in [0.29, 0.717) is 46.4 Å². The van der Waals surface area contributed by atoms with Crippen LogP contribution in [0.4, 0.5) is 11.8 Å². The Hall–Kier alpha value is -2.44. The summed E-state index contributed by atoms with van der Waals surface area (Å²) in [4.78, 5) is 11.8. The molecule has 1 aromatic heterocycles. The Morgan fingerprint density at radius 2 is 1.79 bits per heavy atom. The van der Waals surface area contributed by atoms with Gasteiger partial charge in [0.15, 0.2) is 0 Å². The number of aromatic nitrogens is 2. The zero-order chi connectivity index (χ0) is 28.5. The van der Waals surface area contributed by atoms with Crippen molar-refractivity contribution in [3.05, 3.63) is 46.6 Å². The lowest BCUT2D eigenvalue weighted by Gasteiger charge is -2.61. The number of rotatable bonds is 9. The molecule has 224 valence electrons. The summed E-state index contributed by atoms with van der Waals surface area (Å²) in [6.07, 6.45) is 13.2. The number of nitrogens with zero attached hydrogens (tertiary/aromatic N) is 4. The molecular formula is C33H44ClN7O. The van der Waals surface area contributed by atoms with Crippen molar-refractivity contribution in [2.24, 2.45) is 23.2 Å². The van der Waals surface area contributed by atoms with Gasteiger partial charge in [-0.25, -0.2) is 4.98 Å². The summed E-state index contributed by atoms with van der Waals surface area (Å²) in [7, 11) is 0. The molecule has 3 heterocycles. The van der Waals surface area contributed by atoms with E-state index in [0.717, 1.165) is 49.1 Å². The van der Waals surface area contributed by atoms with Gasteiger partial charge in [0, 0.05) is 49.5 Å². The number of ether oxygens (including phenoxy) is 1. The smallest absolute Gasteiger partial charge is 0.224 e. The van der Waals surface area contributed by atoms with E-state index in [9.17, 15) is 5.26 Å².